The summed E-state index contributed by atoms with van der Waals surface area (Å²) in [4.78, 5) is 11.8. The third kappa shape index (κ3) is 6.14. The normalized spacial score (nSPS) is 11.4. The van der Waals surface area contributed by atoms with Gasteiger partial charge in [0.1, 0.15) is 0 Å². The molecule has 21 heavy (non-hydrogen) atoms. The maximum atomic E-state index is 11.8. The minimum atomic E-state index is -3.43. The van der Waals surface area contributed by atoms with E-state index in [0.717, 1.165) is 0 Å². The molecule has 0 atom stereocenters. The zero-order valence-corrected chi connectivity index (χ0v) is 13.5. The van der Waals surface area contributed by atoms with Crippen molar-refractivity contribution in [3.05, 3.63) is 24.3 Å². The molecule has 7 heteroatoms. The first-order valence-corrected chi connectivity index (χ1v) is 8.43. The van der Waals surface area contributed by atoms with Gasteiger partial charge in [0.05, 0.1) is 11.4 Å². The van der Waals surface area contributed by atoms with Crippen LogP contribution in [0.4, 0.5) is 5.69 Å². The van der Waals surface area contributed by atoms with Gasteiger partial charge in [-0.15, -0.1) is 0 Å². The van der Waals surface area contributed by atoms with Gasteiger partial charge in [0, 0.05) is 18.8 Å². The number of hydrogen-bond acceptors (Lipinski definition) is 4. The molecule has 0 bridgehead atoms. The van der Waals surface area contributed by atoms with Crippen molar-refractivity contribution in [2.45, 2.75) is 25.7 Å². The molecule has 118 valence electrons. The van der Waals surface area contributed by atoms with Gasteiger partial charge in [-0.1, -0.05) is 20.8 Å². The van der Waals surface area contributed by atoms with Crippen molar-refractivity contribution < 1.29 is 13.2 Å². The molecule has 0 aliphatic rings. The number of amides is 1. The molecule has 0 spiro atoms. The lowest BCUT2D eigenvalue weighted by Gasteiger charge is -2.10. The first-order chi connectivity index (χ1) is 9.85. The van der Waals surface area contributed by atoms with Gasteiger partial charge in [-0.2, -0.15) is 0 Å². The largest absolute Gasteiger partial charge is 0.376 e. The zero-order chi connectivity index (χ0) is 15.9. The number of nitrogens with one attached hydrogen (secondary N) is 3. The highest BCUT2D eigenvalue weighted by atomic mass is 32.2. The van der Waals surface area contributed by atoms with Gasteiger partial charge in [-0.3, -0.25) is 4.79 Å². The van der Waals surface area contributed by atoms with Gasteiger partial charge < -0.3 is 10.6 Å². The number of sulfonamides is 1. The van der Waals surface area contributed by atoms with E-state index in [-0.39, 0.29) is 17.3 Å². The van der Waals surface area contributed by atoms with Crippen molar-refractivity contribution in [1.29, 1.82) is 0 Å². The van der Waals surface area contributed by atoms with E-state index in [4.69, 9.17) is 0 Å². The highest BCUT2D eigenvalue weighted by molar-refractivity contribution is 7.89. The van der Waals surface area contributed by atoms with Crippen LogP contribution in [0.25, 0.3) is 0 Å². The monoisotopic (exact) mass is 313 g/mol. The Hall–Kier alpha value is -1.60. The summed E-state index contributed by atoms with van der Waals surface area (Å²) in [6.45, 7) is 6.92. The molecule has 0 fully saturated rings. The van der Waals surface area contributed by atoms with Gasteiger partial charge >= 0.3 is 0 Å². The minimum absolute atomic E-state index is 0.0898. The Morgan fingerprint density at radius 2 is 1.81 bits per heavy atom. The van der Waals surface area contributed by atoms with Crippen LogP contribution in [0.2, 0.25) is 0 Å². The molecular formula is C14H23N3O3S. The SMILES string of the molecule is CCNS(=O)(=O)c1ccc(NCC(=O)NCC(C)C)cc1. The standard InChI is InChI=1S/C14H23N3O3S/c1-4-17-21(19,20)13-7-5-12(6-8-13)15-10-14(18)16-9-11(2)3/h5-8,11,15,17H,4,9-10H2,1-3H3,(H,16,18). The Bertz CT molecular complexity index is 553. The predicted octanol–water partition coefficient (Wildman–Crippen LogP) is 1.17. The quantitative estimate of drug-likeness (QED) is 0.672. The molecule has 1 aromatic carbocycles. The maximum absolute atomic E-state index is 11.8. The fourth-order valence-electron chi connectivity index (χ4n) is 1.59. The van der Waals surface area contributed by atoms with E-state index in [1.807, 2.05) is 13.8 Å². The summed E-state index contributed by atoms with van der Waals surface area (Å²) in [6, 6.07) is 6.29. The molecule has 0 saturated carbocycles. The van der Waals surface area contributed by atoms with Crippen molar-refractivity contribution in [1.82, 2.24) is 10.0 Å². The van der Waals surface area contributed by atoms with E-state index >= 15 is 0 Å². The number of benzene rings is 1. The van der Waals surface area contributed by atoms with E-state index in [1.54, 1.807) is 19.1 Å². The lowest BCUT2D eigenvalue weighted by molar-refractivity contribution is -0.119. The fraction of sp³-hybridized carbons (Fsp3) is 0.500. The fourth-order valence-corrected chi connectivity index (χ4v) is 2.63. The van der Waals surface area contributed by atoms with Crippen LogP contribution in [0, 0.1) is 5.92 Å². The Balaban J connectivity index is 2.54. The highest BCUT2D eigenvalue weighted by Gasteiger charge is 2.11. The summed E-state index contributed by atoms with van der Waals surface area (Å²) in [5, 5.41) is 5.75. The Kier molecular flexibility index (Phi) is 6.64. The molecule has 0 aliphatic heterocycles. The lowest BCUT2D eigenvalue weighted by atomic mass is 10.2. The molecule has 0 unspecified atom stereocenters. The van der Waals surface area contributed by atoms with E-state index in [1.165, 1.54) is 12.1 Å². The Labute approximate surface area is 126 Å². The molecule has 0 aromatic heterocycles. The third-order valence-corrected chi connectivity index (χ3v) is 4.22. The van der Waals surface area contributed by atoms with E-state index < -0.39 is 10.0 Å². The van der Waals surface area contributed by atoms with Crippen molar-refractivity contribution >= 4 is 21.6 Å². The Morgan fingerprint density at radius 3 is 2.33 bits per heavy atom. The van der Waals surface area contributed by atoms with Crippen LogP contribution >= 0.6 is 0 Å². The number of anilines is 1. The van der Waals surface area contributed by atoms with Crippen LogP contribution in [0.1, 0.15) is 20.8 Å². The van der Waals surface area contributed by atoms with Gasteiger partial charge in [0.25, 0.3) is 0 Å². The molecular weight excluding hydrogens is 290 g/mol. The molecule has 0 radical (unpaired) electrons. The lowest BCUT2D eigenvalue weighted by Crippen LogP contribution is -2.32. The summed E-state index contributed by atoms with van der Waals surface area (Å²) in [5.74, 6) is 0.317. The number of carbonyl (C=O) groups excluding carboxylic acids is 1. The van der Waals surface area contributed by atoms with Crippen LogP contribution < -0.4 is 15.4 Å². The topological polar surface area (TPSA) is 87.3 Å². The predicted molar refractivity (Wildman–Crippen MR) is 83.6 cm³/mol. The molecule has 0 heterocycles. The number of rotatable bonds is 8. The van der Waals surface area contributed by atoms with Gasteiger partial charge in [0.15, 0.2) is 0 Å². The van der Waals surface area contributed by atoms with Crippen LogP contribution in [-0.2, 0) is 14.8 Å². The molecule has 1 amide bonds. The Morgan fingerprint density at radius 1 is 1.19 bits per heavy atom. The van der Waals surface area contributed by atoms with E-state index in [0.29, 0.717) is 24.7 Å². The molecule has 0 aliphatic carbocycles. The minimum Gasteiger partial charge on any atom is -0.376 e. The zero-order valence-electron chi connectivity index (χ0n) is 12.6. The first-order valence-electron chi connectivity index (χ1n) is 6.95. The second-order valence-electron chi connectivity index (χ2n) is 5.08. The smallest absolute Gasteiger partial charge is 0.240 e. The summed E-state index contributed by atoms with van der Waals surface area (Å²) >= 11 is 0. The van der Waals surface area contributed by atoms with E-state index in [2.05, 4.69) is 15.4 Å². The molecule has 1 aromatic rings. The summed E-state index contributed by atoms with van der Waals surface area (Å²) in [7, 11) is -3.43. The average molecular weight is 313 g/mol. The second-order valence-corrected chi connectivity index (χ2v) is 6.84. The summed E-state index contributed by atoms with van der Waals surface area (Å²) in [5.41, 5.74) is 0.699. The van der Waals surface area contributed by atoms with Gasteiger partial charge in [0.2, 0.25) is 15.9 Å². The molecule has 1 rings (SSSR count). The van der Waals surface area contributed by atoms with Crippen molar-refractivity contribution in [3.63, 3.8) is 0 Å². The number of hydrogen-bond donors (Lipinski definition) is 3. The van der Waals surface area contributed by atoms with Crippen LogP contribution in [0.15, 0.2) is 29.2 Å². The van der Waals surface area contributed by atoms with Crippen molar-refractivity contribution in [2.24, 2.45) is 5.92 Å². The van der Waals surface area contributed by atoms with Crippen LogP contribution in [0.3, 0.4) is 0 Å². The van der Waals surface area contributed by atoms with Crippen LogP contribution in [-0.4, -0.2) is 34.0 Å². The van der Waals surface area contributed by atoms with E-state index in [9.17, 15) is 13.2 Å². The molecule has 0 saturated heterocycles. The van der Waals surface area contributed by atoms with Crippen molar-refractivity contribution in [3.8, 4) is 0 Å². The van der Waals surface area contributed by atoms with Gasteiger partial charge in [-0.05, 0) is 30.2 Å². The molecule has 3 N–H and O–H groups in total. The van der Waals surface area contributed by atoms with Gasteiger partial charge in [-0.25, -0.2) is 13.1 Å². The molecule has 6 nitrogen and oxygen atoms in total. The summed E-state index contributed by atoms with van der Waals surface area (Å²) in [6.07, 6.45) is 0. The first kappa shape index (κ1) is 17.5. The average Bonchev–Trinajstić information content (AvgIpc) is 2.43. The second kappa shape index (κ2) is 7.99. The third-order valence-electron chi connectivity index (χ3n) is 2.66. The highest BCUT2D eigenvalue weighted by Crippen LogP contribution is 2.13. The summed E-state index contributed by atoms with van der Waals surface area (Å²) < 4.78 is 25.9. The number of carbonyl (C=O) groups is 1. The maximum Gasteiger partial charge on any atom is 0.240 e. The van der Waals surface area contributed by atoms with Crippen LogP contribution in [0.5, 0.6) is 0 Å². The van der Waals surface area contributed by atoms with Crippen molar-refractivity contribution in [2.75, 3.05) is 25.0 Å².